The van der Waals surface area contributed by atoms with E-state index in [1.807, 2.05) is 0 Å². The molecule has 5 unspecified atom stereocenters. The predicted molar refractivity (Wildman–Crippen MR) is 46.0 cm³/mol. The molecule has 0 aromatic heterocycles. The number of aliphatic hydroxyl groups excluding tert-OH is 1. The van der Waals surface area contributed by atoms with E-state index in [0.717, 1.165) is 12.8 Å². The highest BCUT2D eigenvalue weighted by molar-refractivity contribution is 6.21. The first-order valence-corrected chi connectivity index (χ1v) is 4.87. The van der Waals surface area contributed by atoms with E-state index in [2.05, 4.69) is 0 Å². The van der Waals surface area contributed by atoms with Crippen molar-refractivity contribution in [3.8, 4) is 0 Å². The van der Waals surface area contributed by atoms with Crippen molar-refractivity contribution >= 4 is 17.4 Å². The van der Waals surface area contributed by atoms with Gasteiger partial charge >= 0.3 is 0 Å². The highest BCUT2D eigenvalue weighted by Gasteiger charge is 2.52. The quantitative estimate of drug-likeness (QED) is 0.628. The molecule has 12 heavy (non-hydrogen) atoms. The smallest absolute Gasteiger partial charge is 0.133 e. The fourth-order valence-corrected chi connectivity index (χ4v) is 3.21. The van der Waals surface area contributed by atoms with Gasteiger partial charge in [-0.1, -0.05) is 0 Å². The number of ketones is 1. The Hall–Kier alpha value is -0.0800. The van der Waals surface area contributed by atoms with Crippen molar-refractivity contribution in [2.75, 3.05) is 0 Å². The molecule has 1 N–H and O–H groups in total. The molecule has 0 heterocycles. The third-order valence-corrected chi connectivity index (χ3v) is 3.97. The van der Waals surface area contributed by atoms with Gasteiger partial charge < -0.3 is 5.11 Å². The monoisotopic (exact) mass is 188 g/mol. The summed E-state index contributed by atoms with van der Waals surface area (Å²) >= 11 is 6.00. The van der Waals surface area contributed by atoms with Crippen LogP contribution in [0, 0.1) is 17.8 Å². The van der Waals surface area contributed by atoms with Crippen LogP contribution in [0.4, 0.5) is 0 Å². The lowest BCUT2D eigenvalue weighted by molar-refractivity contribution is -0.122. The molecule has 2 aliphatic rings. The predicted octanol–water partition coefficient (Wildman–Crippen LogP) is 1.20. The van der Waals surface area contributed by atoms with E-state index in [1.165, 1.54) is 0 Å². The minimum Gasteiger partial charge on any atom is -0.391 e. The third-order valence-electron chi connectivity index (χ3n) is 3.39. The van der Waals surface area contributed by atoms with Gasteiger partial charge in [-0.3, -0.25) is 4.79 Å². The van der Waals surface area contributed by atoms with Crippen LogP contribution in [0.1, 0.15) is 19.8 Å². The average Bonchev–Trinajstić information content (AvgIpc) is 2.53. The standard InChI is InChI=1S/C9H13ClO2/c1-4(11)6-2-5-3-7(6)8(10)9(5)12/h5-9,12H,2-3H2,1H3. The maximum Gasteiger partial charge on any atom is 0.133 e. The topological polar surface area (TPSA) is 37.3 Å². The fourth-order valence-electron chi connectivity index (χ4n) is 2.72. The number of aliphatic hydroxyl groups is 1. The second-order valence-electron chi connectivity index (χ2n) is 4.05. The van der Waals surface area contributed by atoms with Crippen molar-refractivity contribution < 1.29 is 9.90 Å². The number of halogens is 1. The molecule has 2 fully saturated rings. The van der Waals surface area contributed by atoms with Crippen LogP contribution < -0.4 is 0 Å². The molecule has 3 heteroatoms. The van der Waals surface area contributed by atoms with E-state index in [-0.39, 0.29) is 35.0 Å². The zero-order valence-electron chi connectivity index (χ0n) is 7.03. The van der Waals surface area contributed by atoms with Gasteiger partial charge in [-0.2, -0.15) is 0 Å². The summed E-state index contributed by atoms with van der Waals surface area (Å²) in [5, 5.41) is 9.36. The van der Waals surface area contributed by atoms with Gasteiger partial charge in [0.25, 0.3) is 0 Å². The summed E-state index contributed by atoms with van der Waals surface area (Å²) < 4.78 is 0. The molecule has 0 saturated heterocycles. The molecular weight excluding hydrogens is 176 g/mol. The fraction of sp³-hybridized carbons (Fsp3) is 0.889. The Labute approximate surface area is 76.9 Å². The SMILES string of the molecule is CC(=O)C1CC2CC1C(Cl)C2O. The minimum absolute atomic E-state index is 0.126. The van der Waals surface area contributed by atoms with Crippen LogP contribution in [-0.2, 0) is 4.79 Å². The first-order valence-electron chi connectivity index (χ1n) is 4.44. The lowest BCUT2D eigenvalue weighted by Crippen LogP contribution is -2.35. The molecule has 5 atom stereocenters. The maximum absolute atomic E-state index is 11.1. The lowest BCUT2D eigenvalue weighted by atomic mass is 9.84. The first-order chi connectivity index (χ1) is 5.61. The van der Waals surface area contributed by atoms with Gasteiger partial charge in [0.05, 0.1) is 11.5 Å². The molecule has 0 spiro atoms. The number of fused-ring (bicyclic) bond motifs is 2. The molecule has 2 saturated carbocycles. The Bertz CT molecular complexity index is 215. The third kappa shape index (κ3) is 1.01. The van der Waals surface area contributed by atoms with Crippen LogP contribution in [0.3, 0.4) is 0 Å². The van der Waals surface area contributed by atoms with Gasteiger partial charge in [-0.25, -0.2) is 0 Å². The maximum atomic E-state index is 11.1. The summed E-state index contributed by atoms with van der Waals surface area (Å²) in [6.07, 6.45) is 1.43. The molecule has 0 radical (unpaired) electrons. The Morgan fingerprint density at radius 1 is 1.50 bits per heavy atom. The minimum atomic E-state index is -0.368. The molecule has 0 aromatic carbocycles. The number of Topliss-reactive ketones (excluding diaryl/α,β-unsaturated/α-hetero) is 1. The zero-order chi connectivity index (χ0) is 8.88. The van der Waals surface area contributed by atoms with E-state index in [0.29, 0.717) is 0 Å². The lowest BCUT2D eigenvalue weighted by Gasteiger charge is -2.27. The van der Waals surface area contributed by atoms with Gasteiger partial charge in [0.15, 0.2) is 0 Å². The number of rotatable bonds is 1. The number of carbonyl (C=O) groups excluding carboxylic acids is 1. The second-order valence-corrected chi connectivity index (χ2v) is 4.55. The summed E-state index contributed by atoms with van der Waals surface area (Å²) in [6.45, 7) is 1.63. The number of hydrogen-bond acceptors (Lipinski definition) is 2. The Kier molecular flexibility index (Phi) is 1.92. The van der Waals surface area contributed by atoms with Gasteiger partial charge in [0.2, 0.25) is 0 Å². The van der Waals surface area contributed by atoms with Gasteiger partial charge in [0.1, 0.15) is 5.78 Å². The molecule has 2 aliphatic carbocycles. The van der Waals surface area contributed by atoms with E-state index in [4.69, 9.17) is 11.6 Å². The molecule has 0 amide bonds. The number of hydrogen-bond donors (Lipinski definition) is 1. The van der Waals surface area contributed by atoms with Gasteiger partial charge in [-0.15, -0.1) is 11.6 Å². The normalized spacial score (nSPS) is 51.4. The van der Waals surface area contributed by atoms with Crippen molar-refractivity contribution in [1.29, 1.82) is 0 Å². The Morgan fingerprint density at radius 2 is 2.17 bits per heavy atom. The Morgan fingerprint density at radius 3 is 2.58 bits per heavy atom. The van der Waals surface area contributed by atoms with E-state index in [9.17, 15) is 9.90 Å². The van der Waals surface area contributed by atoms with Crippen molar-refractivity contribution in [3.05, 3.63) is 0 Å². The van der Waals surface area contributed by atoms with Crippen LogP contribution in [0.15, 0.2) is 0 Å². The van der Waals surface area contributed by atoms with Gasteiger partial charge in [-0.05, 0) is 31.6 Å². The highest BCUT2D eigenvalue weighted by Crippen LogP contribution is 2.50. The molecule has 2 bridgehead atoms. The van der Waals surface area contributed by atoms with Crippen molar-refractivity contribution in [2.45, 2.75) is 31.2 Å². The van der Waals surface area contributed by atoms with Crippen molar-refractivity contribution in [3.63, 3.8) is 0 Å². The van der Waals surface area contributed by atoms with Crippen molar-refractivity contribution in [1.82, 2.24) is 0 Å². The molecule has 2 rings (SSSR count). The average molecular weight is 189 g/mol. The molecule has 68 valence electrons. The van der Waals surface area contributed by atoms with Crippen molar-refractivity contribution in [2.24, 2.45) is 17.8 Å². The molecule has 2 nitrogen and oxygen atoms in total. The van der Waals surface area contributed by atoms with Crippen LogP contribution in [0.2, 0.25) is 0 Å². The highest BCUT2D eigenvalue weighted by atomic mass is 35.5. The molecule has 0 aliphatic heterocycles. The van der Waals surface area contributed by atoms with E-state index in [1.54, 1.807) is 6.92 Å². The van der Waals surface area contributed by atoms with E-state index < -0.39 is 0 Å². The van der Waals surface area contributed by atoms with Crippen LogP contribution in [0.25, 0.3) is 0 Å². The largest absolute Gasteiger partial charge is 0.391 e. The summed E-state index contributed by atoms with van der Waals surface area (Å²) in [5.74, 6) is 0.886. The van der Waals surface area contributed by atoms with Gasteiger partial charge in [0, 0.05) is 5.92 Å². The zero-order valence-corrected chi connectivity index (χ0v) is 7.79. The molecule has 0 aromatic rings. The summed E-state index contributed by atoms with van der Waals surface area (Å²) in [6, 6.07) is 0. The summed E-state index contributed by atoms with van der Waals surface area (Å²) in [4.78, 5) is 11.1. The Balaban J connectivity index is 2.15. The first kappa shape index (κ1) is 8.52. The number of alkyl halides is 1. The summed E-state index contributed by atoms with van der Waals surface area (Å²) in [7, 11) is 0. The van der Waals surface area contributed by atoms with E-state index >= 15 is 0 Å². The van der Waals surface area contributed by atoms with Crippen LogP contribution in [-0.4, -0.2) is 22.4 Å². The summed E-state index contributed by atoms with van der Waals surface area (Å²) in [5.41, 5.74) is 0. The second kappa shape index (κ2) is 2.71. The van der Waals surface area contributed by atoms with Crippen LogP contribution in [0.5, 0.6) is 0 Å². The van der Waals surface area contributed by atoms with Crippen LogP contribution >= 0.6 is 11.6 Å². The molecular formula is C9H13ClO2. The number of carbonyl (C=O) groups is 1.